The lowest BCUT2D eigenvalue weighted by Crippen LogP contribution is -2.52. The van der Waals surface area contributed by atoms with Crippen molar-refractivity contribution in [2.75, 3.05) is 18.0 Å². The number of hydrogen-bond donors (Lipinski definition) is 2. The first-order valence-corrected chi connectivity index (χ1v) is 11.6. The molecule has 2 saturated heterocycles. The molecule has 172 valence electrons. The van der Waals surface area contributed by atoms with Crippen LogP contribution in [-0.2, 0) is 22.7 Å². The van der Waals surface area contributed by atoms with Gasteiger partial charge in [0.1, 0.15) is 11.9 Å². The monoisotopic (exact) mass is 468 g/mol. The average Bonchev–Trinajstić information content (AvgIpc) is 3.13. The van der Waals surface area contributed by atoms with E-state index in [1.54, 1.807) is 11.1 Å². The largest absolute Gasteiger partial charge is 0.348 e. The van der Waals surface area contributed by atoms with Gasteiger partial charge in [-0.1, -0.05) is 12.1 Å². The van der Waals surface area contributed by atoms with Crippen molar-refractivity contribution in [2.24, 2.45) is 0 Å². The average molecular weight is 469 g/mol. The molecule has 3 aliphatic heterocycles. The summed E-state index contributed by atoms with van der Waals surface area (Å²) in [7, 11) is 0. The van der Waals surface area contributed by atoms with E-state index in [-0.39, 0.29) is 29.6 Å². The molecule has 2 fully saturated rings. The summed E-state index contributed by atoms with van der Waals surface area (Å²) in [5, 5.41) is 6.00. The van der Waals surface area contributed by atoms with Crippen molar-refractivity contribution in [3.8, 4) is 0 Å². The Labute approximate surface area is 196 Å². The lowest BCUT2D eigenvalue weighted by molar-refractivity contribution is -0.136. The number of benzene rings is 1. The molecule has 1 aromatic carbocycles. The van der Waals surface area contributed by atoms with Crippen LogP contribution < -0.4 is 15.5 Å². The molecule has 10 heteroatoms. The second-order valence-corrected chi connectivity index (χ2v) is 9.04. The Morgan fingerprint density at radius 2 is 2.06 bits per heavy atom. The highest BCUT2D eigenvalue weighted by molar-refractivity contribution is 6.28. The van der Waals surface area contributed by atoms with Crippen LogP contribution in [0.5, 0.6) is 0 Å². The number of nitrogens with zero attached hydrogens (tertiary/aromatic N) is 4. The predicted molar refractivity (Wildman–Crippen MR) is 122 cm³/mol. The lowest BCUT2D eigenvalue weighted by Gasteiger charge is -2.35. The molecule has 3 aliphatic rings. The van der Waals surface area contributed by atoms with Crippen molar-refractivity contribution >= 4 is 35.1 Å². The third kappa shape index (κ3) is 4.43. The number of halogens is 1. The van der Waals surface area contributed by atoms with Gasteiger partial charge < -0.3 is 15.1 Å². The van der Waals surface area contributed by atoms with Crippen LogP contribution in [0, 0.1) is 0 Å². The number of nitrogens with one attached hydrogen (secondary N) is 2. The number of aromatic nitrogens is 2. The van der Waals surface area contributed by atoms with Crippen molar-refractivity contribution in [3.63, 3.8) is 0 Å². The van der Waals surface area contributed by atoms with Crippen molar-refractivity contribution in [3.05, 3.63) is 52.4 Å². The van der Waals surface area contributed by atoms with Crippen LogP contribution in [0.2, 0.25) is 5.28 Å². The minimum Gasteiger partial charge on any atom is -0.348 e. The quantitative estimate of drug-likeness (QED) is 0.507. The molecular formula is C23H25ClN6O3. The zero-order chi connectivity index (χ0) is 22.9. The fourth-order valence-electron chi connectivity index (χ4n) is 4.91. The molecule has 0 spiro atoms. The number of carbonyl (C=O) groups is 3. The van der Waals surface area contributed by atoms with Crippen LogP contribution in [0.25, 0.3) is 0 Å². The summed E-state index contributed by atoms with van der Waals surface area (Å²) in [6.07, 6.45) is 4.38. The van der Waals surface area contributed by atoms with Crippen molar-refractivity contribution in [1.29, 1.82) is 0 Å². The molecule has 2 atom stereocenters. The van der Waals surface area contributed by atoms with E-state index in [9.17, 15) is 14.4 Å². The van der Waals surface area contributed by atoms with Crippen LogP contribution in [-0.4, -0.2) is 57.8 Å². The van der Waals surface area contributed by atoms with E-state index in [2.05, 4.69) is 25.5 Å². The van der Waals surface area contributed by atoms with E-state index < -0.39 is 11.9 Å². The molecule has 33 heavy (non-hydrogen) atoms. The van der Waals surface area contributed by atoms with Gasteiger partial charge >= 0.3 is 0 Å². The molecule has 5 rings (SSSR count). The number of hydrogen-bond acceptors (Lipinski definition) is 7. The van der Waals surface area contributed by atoms with E-state index in [1.807, 2.05) is 24.3 Å². The fourth-order valence-corrected chi connectivity index (χ4v) is 5.05. The minimum atomic E-state index is -0.612. The number of piperidine rings is 2. The van der Waals surface area contributed by atoms with E-state index in [0.29, 0.717) is 25.1 Å². The number of amides is 3. The van der Waals surface area contributed by atoms with E-state index in [0.717, 1.165) is 42.9 Å². The second kappa shape index (κ2) is 9.07. The maximum Gasteiger partial charge on any atom is 0.255 e. The van der Waals surface area contributed by atoms with Crippen LogP contribution in [0.4, 0.5) is 5.82 Å². The molecule has 4 heterocycles. The first-order valence-electron chi connectivity index (χ1n) is 11.2. The van der Waals surface area contributed by atoms with Gasteiger partial charge in [-0.15, -0.1) is 0 Å². The number of fused-ring (bicyclic) bond motifs is 1. The normalized spacial score (nSPS) is 22.8. The summed E-state index contributed by atoms with van der Waals surface area (Å²) in [5.74, 6) is -0.0820. The molecule has 3 amide bonds. The Hall–Kier alpha value is -3.04. The number of carbonyl (C=O) groups excluding carboxylic acids is 3. The molecule has 1 aromatic heterocycles. The number of anilines is 1. The van der Waals surface area contributed by atoms with Crippen LogP contribution in [0.1, 0.15) is 47.2 Å². The van der Waals surface area contributed by atoms with Crippen molar-refractivity contribution in [2.45, 2.75) is 50.9 Å². The van der Waals surface area contributed by atoms with Gasteiger partial charge in [-0.2, -0.15) is 0 Å². The van der Waals surface area contributed by atoms with Gasteiger partial charge in [0.15, 0.2) is 0 Å². The first-order chi connectivity index (χ1) is 16.0. The summed E-state index contributed by atoms with van der Waals surface area (Å²) < 4.78 is 0. The molecule has 0 saturated carbocycles. The van der Waals surface area contributed by atoms with Gasteiger partial charge in [0.2, 0.25) is 17.1 Å². The van der Waals surface area contributed by atoms with Crippen molar-refractivity contribution in [1.82, 2.24) is 25.5 Å². The molecule has 2 aromatic rings. The number of rotatable bonds is 5. The maximum absolute atomic E-state index is 13.0. The van der Waals surface area contributed by atoms with Gasteiger partial charge in [-0.05, 0) is 60.7 Å². The van der Waals surface area contributed by atoms with E-state index in [1.165, 1.54) is 0 Å². The summed E-state index contributed by atoms with van der Waals surface area (Å²) in [4.78, 5) is 49.0. The zero-order valence-corrected chi connectivity index (χ0v) is 18.8. The molecule has 0 bridgehead atoms. The van der Waals surface area contributed by atoms with Crippen LogP contribution >= 0.6 is 11.6 Å². The zero-order valence-electron chi connectivity index (χ0n) is 18.1. The smallest absolute Gasteiger partial charge is 0.255 e. The second-order valence-electron chi connectivity index (χ2n) is 8.70. The molecule has 0 radical (unpaired) electrons. The van der Waals surface area contributed by atoms with Gasteiger partial charge in [0.05, 0.1) is 0 Å². The van der Waals surface area contributed by atoms with Crippen LogP contribution in [0.3, 0.4) is 0 Å². The van der Waals surface area contributed by atoms with Gasteiger partial charge in [-0.25, -0.2) is 9.97 Å². The topological polar surface area (TPSA) is 108 Å². The molecule has 9 nitrogen and oxygen atoms in total. The van der Waals surface area contributed by atoms with Gasteiger partial charge in [-0.3, -0.25) is 19.7 Å². The highest BCUT2D eigenvalue weighted by Gasteiger charge is 2.39. The third-order valence-electron chi connectivity index (χ3n) is 6.56. The van der Waals surface area contributed by atoms with Crippen LogP contribution in [0.15, 0.2) is 30.5 Å². The third-order valence-corrected chi connectivity index (χ3v) is 6.74. The predicted octanol–water partition coefficient (Wildman–Crippen LogP) is 1.65. The Morgan fingerprint density at radius 1 is 1.18 bits per heavy atom. The first kappa shape index (κ1) is 21.8. The highest BCUT2D eigenvalue weighted by atomic mass is 35.5. The highest BCUT2D eigenvalue weighted by Crippen LogP contribution is 2.30. The Balaban J connectivity index is 1.38. The molecular weight excluding hydrogens is 444 g/mol. The van der Waals surface area contributed by atoms with Gasteiger partial charge in [0.25, 0.3) is 5.91 Å². The van der Waals surface area contributed by atoms with Gasteiger partial charge in [0, 0.05) is 43.9 Å². The van der Waals surface area contributed by atoms with E-state index in [4.69, 9.17) is 11.6 Å². The molecule has 0 aliphatic carbocycles. The van der Waals surface area contributed by atoms with E-state index >= 15 is 0 Å². The Kier molecular flexibility index (Phi) is 5.99. The van der Waals surface area contributed by atoms with Crippen molar-refractivity contribution < 1.29 is 14.4 Å². The summed E-state index contributed by atoms with van der Waals surface area (Å²) >= 11 is 6.07. The lowest BCUT2D eigenvalue weighted by atomic mass is 10.0. The summed E-state index contributed by atoms with van der Waals surface area (Å²) in [5.41, 5.74) is 2.55. The minimum absolute atomic E-state index is 0.165. The SMILES string of the molecule is O=C1CCC(N2Cc3cc(CN(c4ccnc(Cl)n4)C4CCCNC4)ccc3C2=O)C(=O)N1. The molecule has 2 N–H and O–H groups in total. The Morgan fingerprint density at radius 3 is 2.82 bits per heavy atom. The summed E-state index contributed by atoms with van der Waals surface area (Å²) in [6.45, 7) is 2.83. The fraction of sp³-hybridized carbons (Fsp3) is 0.435. The Bertz CT molecular complexity index is 1100. The number of imide groups is 1. The summed E-state index contributed by atoms with van der Waals surface area (Å²) in [6, 6.07) is 7.34. The molecule has 2 unspecified atom stereocenters. The maximum atomic E-state index is 13.0. The standard InChI is InChI=1S/C23H25ClN6O3/c24-23-26-9-7-19(27-23)29(16-2-1-8-25-11-16)12-14-3-4-17-15(10-14)13-30(22(17)33)18-5-6-20(31)28-21(18)32/h3-4,7,9-10,16,18,25H,1-2,5-6,8,11-13H2,(H,28,31,32).